The second-order valence-corrected chi connectivity index (χ2v) is 9.55. The number of aryl methyl sites for hydroxylation is 2. The Labute approximate surface area is 214 Å². The van der Waals surface area contributed by atoms with Crippen molar-refractivity contribution in [1.29, 1.82) is 0 Å². The highest BCUT2D eigenvalue weighted by molar-refractivity contribution is 8.00. The average Bonchev–Trinajstić information content (AvgIpc) is 3.31. The summed E-state index contributed by atoms with van der Waals surface area (Å²) in [5, 5.41) is 8.79. The quantitative estimate of drug-likeness (QED) is 0.277. The summed E-state index contributed by atoms with van der Waals surface area (Å²) < 4.78 is 7.36. The van der Waals surface area contributed by atoms with Gasteiger partial charge in [-0.15, -0.1) is 10.2 Å². The summed E-state index contributed by atoms with van der Waals surface area (Å²) in [6, 6.07) is 25.1. The van der Waals surface area contributed by atoms with Crippen LogP contribution < -0.4 is 15.6 Å². The van der Waals surface area contributed by atoms with Crippen LogP contribution in [0.15, 0.2) is 84.0 Å². The summed E-state index contributed by atoms with van der Waals surface area (Å²) in [5.41, 5.74) is 8.90. The van der Waals surface area contributed by atoms with Crippen molar-refractivity contribution in [2.24, 2.45) is 0 Å². The fourth-order valence-electron chi connectivity index (χ4n) is 3.31. The number of nitrogens with zero attached hydrogens (tertiary/aromatic N) is 3. The molecule has 36 heavy (non-hydrogen) atoms. The molecule has 2 N–H and O–H groups in total. The molecule has 0 saturated heterocycles. The third kappa shape index (κ3) is 6.31. The molecule has 1 aromatic heterocycles. The monoisotopic (exact) mass is 501 g/mol. The van der Waals surface area contributed by atoms with E-state index >= 15 is 0 Å². The molecule has 9 heteroatoms. The van der Waals surface area contributed by atoms with Crippen LogP contribution >= 0.6 is 11.8 Å². The summed E-state index contributed by atoms with van der Waals surface area (Å²) in [7, 11) is 0. The van der Waals surface area contributed by atoms with Crippen molar-refractivity contribution >= 4 is 23.6 Å². The third-order valence-electron chi connectivity index (χ3n) is 5.32. The minimum atomic E-state index is -0.555. The van der Waals surface area contributed by atoms with Crippen LogP contribution in [-0.4, -0.2) is 38.4 Å². The van der Waals surface area contributed by atoms with Crippen molar-refractivity contribution in [1.82, 2.24) is 25.6 Å². The van der Waals surface area contributed by atoms with Crippen LogP contribution in [0.25, 0.3) is 17.1 Å². The number of thioether (sulfide) groups is 1. The fourth-order valence-corrected chi connectivity index (χ4v) is 4.18. The lowest BCUT2D eigenvalue weighted by molar-refractivity contribution is -0.129. The molecule has 0 radical (unpaired) electrons. The molecule has 0 fully saturated rings. The molecule has 3 aromatic carbocycles. The topological polar surface area (TPSA) is 98.1 Å². The number of ether oxygens (including phenoxy) is 1. The molecule has 0 bridgehead atoms. The highest BCUT2D eigenvalue weighted by Crippen LogP contribution is 2.30. The van der Waals surface area contributed by atoms with Crippen LogP contribution in [0, 0.1) is 13.8 Å². The van der Waals surface area contributed by atoms with Crippen LogP contribution in [0.2, 0.25) is 0 Å². The number of amides is 2. The summed E-state index contributed by atoms with van der Waals surface area (Å²) >= 11 is 1.25. The minimum Gasteiger partial charge on any atom is -0.484 e. The van der Waals surface area contributed by atoms with Crippen molar-refractivity contribution in [3.63, 3.8) is 0 Å². The van der Waals surface area contributed by atoms with Gasteiger partial charge in [0.25, 0.3) is 11.8 Å². The molecule has 184 valence electrons. The number of carbonyl (C=O) groups excluding carboxylic acids is 2. The molecule has 0 unspecified atom stereocenters. The second kappa shape index (κ2) is 11.5. The van der Waals surface area contributed by atoms with Gasteiger partial charge in [-0.25, -0.2) is 0 Å². The number of carbonyl (C=O) groups is 2. The number of hydrazine groups is 1. The molecule has 1 atom stereocenters. The van der Waals surface area contributed by atoms with Gasteiger partial charge in [0.05, 0.1) is 5.25 Å². The maximum atomic E-state index is 12.7. The van der Waals surface area contributed by atoms with E-state index in [2.05, 4.69) is 21.0 Å². The van der Waals surface area contributed by atoms with Crippen LogP contribution in [-0.2, 0) is 9.59 Å². The minimum absolute atomic E-state index is 0.215. The molecule has 0 aliphatic heterocycles. The van der Waals surface area contributed by atoms with Crippen molar-refractivity contribution in [3.8, 4) is 22.8 Å². The lowest BCUT2D eigenvalue weighted by Crippen LogP contribution is -2.46. The zero-order valence-corrected chi connectivity index (χ0v) is 21.1. The first kappa shape index (κ1) is 25.0. The van der Waals surface area contributed by atoms with Crippen LogP contribution in [0.3, 0.4) is 0 Å². The number of para-hydroxylation sites is 1. The first-order valence-electron chi connectivity index (χ1n) is 11.4. The zero-order valence-electron chi connectivity index (χ0n) is 20.3. The molecule has 0 saturated carbocycles. The molecule has 0 aliphatic rings. The van der Waals surface area contributed by atoms with E-state index in [1.807, 2.05) is 85.1 Å². The summed E-state index contributed by atoms with van der Waals surface area (Å²) in [6.07, 6.45) is 0. The molecular formula is C27H27N5O3S. The van der Waals surface area contributed by atoms with Gasteiger partial charge in [0.15, 0.2) is 17.6 Å². The smallest absolute Gasteiger partial charge is 0.276 e. The molecule has 0 spiro atoms. The Morgan fingerprint density at radius 1 is 0.889 bits per heavy atom. The van der Waals surface area contributed by atoms with E-state index in [1.165, 1.54) is 11.8 Å². The van der Waals surface area contributed by atoms with Gasteiger partial charge in [-0.2, -0.15) is 0 Å². The Bertz CT molecular complexity index is 1320. The van der Waals surface area contributed by atoms with Crippen molar-refractivity contribution < 1.29 is 14.3 Å². The number of aromatic nitrogens is 3. The van der Waals surface area contributed by atoms with Gasteiger partial charge in [-0.1, -0.05) is 77.5 Å². The van der Waals surface area contributed by atoms with Crippen LogP contribution in [0.4, 0.5) is 0 Å². The van der Waals surface area contributed by atoms with E-state index in [-0.39, 0.29) is 12.5 Å². The number of nitrogens with one attached hydrogen (secondary N) is 2. The summed E-state index contributed by atoms with van der Waals surface area (Å²) in [5.74, 6) is 0.423. The standard InChI is InChI=1S/C27H27N5O3S/c1-18-9-13-21(14-10-18)25-29-31-27(32(25)22-7-5-4-6-8-22)36-20(3)26(34)30-28-24(33)17-35-23-15-11-19(2)12-16-23/h4-16,20H,17H2,1-3H3,(H,28,33)(H,30,34)/t20-/m0/s1. The van der Waals surface area contributed by atoms with Gasteiger partial charge in [0.1, 0.15) is 5.75 Å². The van der Waals surface area contributed by atoms with Crippen LogP contribution in [0.1, 0.15) is 18.1 Å². The first-order valence-corrected chi connectivity index (χ1v) is 12.3. The maximum Gasteiger partial charge on any atom is 0.276 e. The van der Waals surface area contributed by atoms with Crippen molar-refractivity contribution in [3.05, 3.63) is 90.0 Å². The normalized spacial score (nSPS) is 11.5. The van der Waals surface area contributed by atoms with Gasteiger partial charge in [0.2, 0.25) is 0 Å². The van der Waals surface area contributed by atoms with E-state index in [0.717, 1.165) is 22.4 Å². The maximum absolute atomic E-state index is 12.7. The Morgan fingerprint density at radius 2 is 1.53 bits per heavy atom. The van der Waals surface area contributed by atoms with Crippen LogP contribution in [0.5, 0.6) is 5.75 Å². The Morgan fingerprint density at radius 3 is 2.19 bits per heavy atom. The van der Waals surface area contributed by atoms with E-state index in [1.54, 1.807) is 19.1 Å². The summed E-state index contributed by atoms with van der Waals surface area (Å²) in [6.45, 7) is 5.52. The molecule has 2 amide bonds. The highest BCUT2D eigenvalue weighted by atomic mass is 32.2. The van der Waals surface area contributed by atoms with E-state index in [4.69, 9.17) is 4.74 Å². The van der Waals surface area contributed by atoms with Crippen molar-refractivity contribution in [2.45, 2.75) is 31.2 Å². The Balaban J connectivity index is 1.41. The predicted molar refractivity (Wildman–Crippen MR) is 140 cm³/mol. The molecule has 0 aliphatic carbocycles. The van der Waals surface area contributed by atoms with Crippen molar-refractivity contribution in [2.75, 3.05) is 6.61 Å². The second-order valence-electron chi connectivity index (χ2n) is 8.24. The largest absolute Gasteiger partial charge is 0.484 e. The van der Waals surface area contributed by atoms with Gasteiger partial charge in [-0.3, -0.25) is 25.0 Å². The Kier molecular flexibility index (Phi) is 8.02. The highest BCUT2D eigenvalue weighted by Gasteiger charge is 2.22. The molecular weight excluding hydrogens is 474 g/mol. The van der Waals surface area contributed by atoms with Gasteiger partial charge >= 0.3 is 0 Å². The third-order valence-corrected chi connectivity index (χ3v) is 6.37. The summed E-state index contributed by atoms with van der Waals surface area (Å²) in [4.78, 5) is 24.8. The zero-order chi connectivity index (χ0) is 25.5. The molecule has 4 aromatic rings. The van der Waals surface area contributed by atoms with Gasteiger partial charge < -0.3 is 4.74 Å². The lowest BCUT2D eigenvalue weighted by atomic mass is 10.1. The number of benzene rings is 3. The SMILES string of the molecule is Cc1ccc(OCC(=O)NNC(=O)[C@H](C)Sc2nnc(-c3ccc(C)cc3)n2-c2ccccc2)cc1. The predicted octanol–water partition coefficient (Wildman–Crippen LogP) is 4.26. The van der Waals surface area contributed by atoms with E-state index in [0.29, 0.717) is 16.7 Å². The van der Waals surface area contributed by atoms with Gasteiger partial charge in [0, 0.05) is 11.3 Å². The first-order chi connectivity index (χ1) is 17.4. The average molecular weight is 502 g/mol. The fraction of sp³-hybridized carbons (Fsp3) is 0.185. The molecule has 1 heterocycles. The number of hydrogen-bond donors (Lipinski definition) is 2. The van der Waals surface area contributed by atoms with E-state index in [9.17, 15) is 9.59 Å². The van der Waals surface area contributed by atoms with E-state index < -0.39 is 11.2 Å². The molecule has 4 rings (SSSR count). The number of hydrogen-bond acceptors (Lipinski definition) is 6. The molecule has 8 nitrogen and oxygen atoms in total. The lowest BCUT2D eigenvalue weighted by Gasteiger charge is -2.14. The number of rotatable bonds is 8. The Hall–Kier alpha value is -4.11. The van der Waals surface area contributed by atoms with Gasteiger partial charge in [-0.05, 0) is 45.0 Å².